The Kier molecular flexibility index (Phi) is 8.34. The van der Waals surface area contributed by atoms with Crippen LogP contribution in [0.25, 0.3) is 83.9 Å². The number of hydrogen-bond donors (Lipinski definition) is 0. The fourth-order valence-corrected chi connectivity index (χ4v) is 9.49. The third-order valence-electron chi connectivity index (χ3n) is 12.3. The summed E-state index contributed by atoms with van der Waals surface area (Å²) in [4.78, 5) is 15.2. The second kappa shape index (κ2) is 14.5. The lowest BCUT2D eigenvalue weighted by atomic mass is 10.0. The third kappa shape index (κ3) is 5.64. The summed E-state index contributed by atoms with van der Waals surface area (Å²) >= 11 is 0. The maximum absolute atomic E-state index is 5.12. The molecule has 290 valence electrons. The van der Waals surface area contributed by atoms with Gasteiger partial charge in [-0.3, -0.25) is 0 Å². The molecule has 0 amide bonds. The first-order valence-electron chi connectivity index (χ1n) is 21.0. The molecule has 0 saturated heterocycles. The Bertz CT molecular complexity index is 3340. The minimum Gasteiger partial charge on any atom is -0.309 e. The lowest BCUT2D eigenvalue weighted by Gasteiger charge is -2.34. The second-order valence-corrected chi connectivity index (χ2v) is 15.8. The van der Waals surface area contributed by atoms with Gasteiger partial charge in [-0.05, 0) is 41.5 Å². The fourth-order valence-electron chi connectivity index (χ4n) is 9.49. The van der Waals surface area contributed by atoms with Gasteiger partial charge in [-0.25, -0.2) is 15.0 Å². The van der Waals surface area contributed by atoms with Crippen molar-refractivity contribution in [3.8, 4) is 62.1 Å². The van der Waals surface area contributed by atoms with Crippen molar-refractivity contribution in [2.45, 2.75) is 0 Å². The van der Waals surface area contributed by atoms with Gasteiger partial charge < -0.3 is 4.57 Å². The van der Waals surface area contributed by atoms with E-state index < -0.39 is 0 Å². The Hall–Kier alpha value is -8.25. The van der Waals surface area contributed by atoms with Gasteiger partial charge in [0, 0.05) is 69.5 Å². The molecule has 0 atom stereocenters. The van der Waals surface area contributed by atoms with E-state index in [1.807, 2.05) is 60.7 Å². The average molecular weight is 793 g/mol. The van der Waals surface area contributed by atoms with Crippen LogP contribution in [0.1, 0.15) is 0 Å². The number of para-hydroxylation sites is 3. The molecule has 5 heteroatoms. The largest absolute Gasteiger partial charge is 0.309 e. The molecule has 0 spiro atoms. The summed E-state index contributed by atoms with van der Waals surface area (Å²) in [7, 11) is 0. The lowest BCUT2D eigenvalue weighted by molar-refractivity contribution is 0.721. The van der Waals surface area contributed by atoms with Gasteiger partial charge in [0.2, 0.25) is 0 Å². The molecule has 1 aliphatic heterocycles. The first kappa shape index (κ1) is 35.7. The monoisotopic (exact) mass is 792 g/mol. The molecule has 0 fully saturated rings. The molecule has 9 aromatic carbocycles. The van der Waals surface area contributed by atoms with Crippen LogP contribution in [0, 0.1) is 0 Å². The van der Waals surface area contributed by atoms with Crippen molar-refractivity contribution in [2.24, 2.45) is 0 Å². The fraction of sp³-hybridized carbons (Fsp3) is 0. The zero-order valence-corrected chi connectivity index (χ0v) is 33.7. The van der Waals surface area contributed by atoms with Crippen LogP contribution in [-0.2, 0) is 0 Å². The van der Waals surface area contributed by atoms with E-state index in [0.717, 1.165) is 39.0 Å². The molecule has 0 unspecified atom stereocenters. The summed E-state index contributed by atoms with van der Waals surface area (Å²) in [5.41, 5.74) is 15.6. The first-order chi connectivity index (χ1) is 30.7. The predicted molar refractivity (Wildman–Crippen MR) is 255 cm³/mol. The van der Waals surface area contributed by atoms with Crippen LogP contribution in [0.3, 0.4) is 0 Å². The molecular weight excluding hydrogens is 755 g/mol. The average Bonchev–Trinajstić information content (AvgIpc) is 3.84. The molecule has 62 heavy (non-hydrogen) atoms. The minimum atomic E-state index is 0.468. The third-order valence-corrected chi connectivity index (χ3v) is 12.3. The molecule has 0 N–H and O–H groups in total. The molecule has 0 radical (unpaired) electrons. The van der Waals surface area contributed by atoms with Crippen molar-refractivity contribution in [1.29, 1.82) is 0 Å². The molecule has 5 nitrogen and oxygen atoms in total. The maximum atomic E-state index is 5.12. The van der Waals surface area contributed by atoms with E-state index in [9.17, 15) is 0 Å². The zero-order valence-electron chi connectivity index (χ0n) is 33.7. The van der Waals surface area contributed by atoms with Crippen LogP contribution >= 0.6 is 0 Å². The van der Waals surface area contributed by atoms with Gasteiger partial charge in [0.25, 0.3) is 0 Å². The van der Waals surface area contributed by atoms with Gasteiger partial charge in [0.1, 0.15) is 11.4 Å². The molecule has 12 rings (SSSR count). The van der Waals surface area contributed by atoms with Gasteiger partial charge in [-0.15, -0.1) is 0 Å². The Morgan fingerprint density at radius 3 is 1.42 bits per heavy atom. The van der Waals surface area contributed by atoms with E-state index >= 15 is 0 Å². The molecule has 0 aliphatic carbocycles. The highest BCUT2D eigenvalue weighted by Gasteiger charge is 2.48. The normalized spacial score (nSPS) is 12.6. The van der Waals surface area contributed by atoms with E-state index in [-0.39, 0.29) is 0 Å². The summed E-state index contributed by atoms with van der Waals surface area (Å²) in [6.07, 6.45) is 0. The van der Waals surface area contributed by atoms with Crippen LogP contribution in [0.2, 0.25) is 0 Å². The Labute approximate surface area is 359 Å². The first-order valence-corrected chi connectivity index (χ1v) is 21.0. The van der Waals surface area contributed by atoms with Crippen molar-refractivity contribution in [2.75, 3.05) is 0 Å². The SMILES string of the molecule is c1ccc(-c2ccc3c4cc5c(cc4n(-c4cccc(-c6nc(-c7ccccc7)nc(-c7ccccc7)n6)c4)c3c2)[N+](c2ccccc2)(c2ccccc2)c2ccccc2-5)cc1. The number of hydrogen-bond acceptors (Lipinski definition) is 3. The highest BCUT2D eigenvalue weighted by molar-refractivity contribution is 6.16. The van der Waals surface area contributed by atoms with E-state index in [4.69, 9.17) is 15.0 Å². The van der Waals surface area contributed by atoms with Crippen molar-refractivity contribution in [1.82, 2.24) is 24.0 Å². The molecule has 1 aliphatic rings. The summed E-state index contributed by atoms with van der Waals surface area (Å²) in [5, 5.41) is 2.38. The highest BCUT2D eigenvalue weighted by atomic mass is 15.4. The molecular formula is C57H38N5+. The Morgan fingerprint density at radius 1 is 0.306 bits per heavy atom. The predicted octanol–water partition coefficient (Wildman–Crippen LogP) is 14.9. The van der Waals surface area contributed by atoms with Crippen molar-refractivity contribution < 1.29 is 0 Å². The van der Waals surface area contributed by atoms with Gasteiger partial charge in [0.05, 0.1) is 22.2 Å². The van der Waals surface area contributed by atoms with Crippen molar-refractivity contribution in [3.05, 3.63) is 231 Å². The van der Waals surface area contributed by atoms with Crippen LogP contribution in [-0.4, -0.2) is 19.5 Å². The number of fused-ring (bicyclic) bond motifs is 6. The summed E-state index contributed by atoms with van der Waals surface area (Å²) in [6.45, 7) is 0. The smallest absolute Gasteiger partial charge is 0.164 e. The second-order valence-electron chi connectivity index (χ2n) is 15.8. The number of rotatable bonds is 7. The number of quaternary nitrogens is 1. The Morgan fingerprint density at radius 2 is 0.806 bits per heavy atom. The number of aromatic nitrogens is 4. The summed E-state index contributed by atoms with van der Waals surface area (Å²) < 4.78 is 2.90. The molecule has 11 aromatic rings. The topological polar surface area (TPSA) is 43.6 Å². The van der Waals surface area contributed by atoms with Gasteiger partial charge in [0.15, 0.2) is 28.8 Å². The van der Waals surface area contributed by atoms with Crippen LogP contribution in [0.15, 0.2) is 231 Å². The maximum Gasteiger partial charge on any atom is 0.164 e. The molecule has 0 saturated carbocycles. The zero-order chi connectivity index (χ0) is 41.0. The lowest BCUT2D eigenvalue weighted by Crippen LogP contribution is -2.31. The van der Waals surface area contributed by atoms with E-state index in [1.54, 1.807) is 0 Å². The van der Waals surface area contributed by atoms with E-state index in [0.29, 0.717) is 22.0 Å². The Balaban J connectivity index is 1.15. The summed E-state index contributed by atoms with van der Waals surface area (Å²) in [5.74, 6) is 1.89. The molecule has 3 heterocycles. The van der Waals surface area contributed by atoms with Crippen LogP contribution in [0.5, 0.6) is 0 Å². The van der Waals surface area contributed by atoms with Gasteiger partial charge in [-0.1, -0.05) is 164 Å². The van der Waals surface area contributed by atoms with E-state index in [1.165, 1.54) is 50.2 Å². The van der Waals surface area contributed by atoms with Crippen molar-refractivity contribution >= 4 is 44.6 Å². The van der Waals surface area contributed by atoms with Gasteiger partial charge in [-0.2, -0.15) is 4.48 Å². The van der Waals surface area contributed by atoms with Crippen LogP contribution in [0.4, 0.5) is 22.7 Å². The standard InChI is InChI=1S/C57H38N5/c1-6-19-39(20-7-1)42-33-34-47-49-37-50-48-31-16-17-32-53(48)62(45-27-12-4-13-28-45,46-29-14-5-15-30-46)54(50)38-52(49)61(51(47)36-42)44-26-18-25-43(35-44)57-59-55(40-21-8-2-9-22-40)58-56(60-57)41-23-10-3-11-24-41/h1-38H/q+1. The quantitative estimate of drug-likeness (QED) is 0.151. The van der Waals surface area contributed by atoms with Crippen molar-refractivity contribution in [3.63, 3.8) is 0 Å². The molecule has 2 aromatic heterocycles. The van der Waals surface area contributed by atoms with E-state index in [2.05, 4.69) is 174 Å². The molecule has 0 bridgehead atoms. The van der Waals surface area contributed by atoms with Crippen LogP contribution < -0.4 is 4.48 Å². The summed E-state index contributed by atoms with van der Waals surface area (Å²) in [6, 6.07) is 82.1. The highest BCUT2D eigenvalue weighted by Crippen LogP contribution is 2.63. The van der Waals surface area contributed by atoms with Gasteiger partial charge >= 0.3 is 0 Å². The minimum absolute atomic E-state index is 0.468. The number of nitrogens with zero attached hydrogens (tertiary/aromatic N) is 5. The number of benzene rings is 9.